The lowest BCUT2D eigenvalue weighted by Gasteiger charge is -2.04. The van der Waals surface area contributed by atoms with Crippen molar-refractivity contribution >= 4 is 5.91 Å². The molecule has 0 fully saturated rings. The molecular formula is C11H19N3O. The maximum absolute atomic E-state index is 11.1. The van der Waals surface area contributed by atoms with Crippen molar-refractivity contribution in [1.82, 2.24) is 15.1 Å². The van der Waals surface area contributed by atoms with Crippen molar-refractivity contribution in [2.75, 3.05) is 7.05 Å². The summed E-state index contributed by atoms with van der Waals surface area (Å²) in [6, 6.07) is 2.11. The Morgan fingerprint density at radius 3 is 2.73 bits per heavy atom. The van der Waals surface area contributed by atoms with Crippen molar-refractivity contribution in [3.63, 3.8) is 0 Å². The number of hydrogen-bond donors (Lipinski definition) is 1. The summed E-state index contributed by atoms with van der Waals surface area (Å²) < 4.78 is 1.94. The average Bonchev–Trinajstić information content (AvgIpc) is 2.68. The molecule has 0 aliphatic rings. The number of nitrogens with one attached hydrogen (secondary N) is 1. The average molecular weight is 209 g/mol. The molecule has 1 aromatic rings. The van der Waals surface area contributed by atoms with Gasteiger partial charge in [-0.15, -0.1) is 0 Å². The predicted molar refractivity (Wildman–Crippen MR) is 59.7 cm³/mol. The van der Waals surface area contributed by atoms with Gasteiger partial charge in [-0.05, 0) is 18.9 Å². The fraction of sp³-hybridized carbons (Fsp3) is 0.636. The van der Waals surface area contributed by atoms with Crippen LogP contribution in [-0.4, -0.2) is 22.7 Å². The van der Waals surface area contributed by atoms with Gasteiger partial charge in [-0.2, -0.15) is 5.10 Å². The molecule has 0 radical (unpaired) electrons. The van der Waals surface area contributed by atoms with Crippen molar-refractivity contribution in [3.8, 4) is 0 Å². The number of carbonyl (C=O) groups excluding carboxylic acids is 1. The van der Waals surface area contributed by atoms with E-state index in [1.165, 1.54) is 5.69 Å². The topological polar surface area (TPSA) is 46.9 Å². The van der Waals surface area contributed by atoms with Gasteiger partial charge in [0, 0.05) is 25.7 Å². The zero-order chi connectivity index (χ0) is 11.3. The monoisotopic (exact) mass is 209 g/mol. The second-order valence-corrected chi connectivity index (χ2v) is 3.48. The van der Waals surface area contributed by atoms with E-state index in [4.69, 9.17) is 0 Å². The van der Waals surface area contributed by atoms with Crippen LogP contribution in [0.4, 0.5) is 0 Å². The minimum absolute atomic E-state index is 0.0607. The van der Waals surface area contributed by atoms with Gasteiger partial charge in [0.15, 0.2) is 0 Å². The molecule has 0 aliphatic carbocycles. The second-order valence-electron chi connectivity index (χ2n) is 3.48. The number of aromatic nitrogens is 2. The lowest BCUT2D eigenvalue weighted by Crippen LogP contribution is -2.20. The zero-order valence-electron chi connectivity index (χ0n) is 9.71. The van der Waals surface area contributed by atoms with Crippen molar-refractivity contribution in [2.24, 2.45) is 0 Å². The lowest BCUT2D eigenvalue weighted by molar-refractivity contribution is -0.120. The van der Waals surface area contributed by atoms with Crippen LogP contribution in [0.1, 0.15) is 31.7 Å². The number of nitrogens with zero attached hydrogens (tertiary/aromatic N) is 2. The molecule has 0 aromatic carbocycles. The minimum atomic E-state index is 0.0607. The van der Waals surface area contributed by atoms with Crippen LogP contribution in [0, 0.1) is 0 Å². The van der Waals surface area contributed by atoms with Gasteiger partial charge < -0.3 is 5.32 Å². The summed E-state index contributed by atoms with van der Waals surface area (Å²) in [5, 5.41) is 7.06. The van der Waals surface area contributed by atoms with E-state index >= 15 is 0 Å². The summed E-state index contributed by atoms with van der Waals surface area (Å²) in [5.41, 5.74) is 2.31. The summed E-state index contributed by atoms with van der Waals surface area (Å²) in [5.74, 6) is 0.0607. The van der Waals surface area contributed by atoms with Gasteiger partial charge in [0.25, 0.3) is 0 Å². The highest BCUT2D eigenvalue weighted by Gasteiger charge is 2.06. The Morgan fingerprint density at radius 2 is 2.20 bits per heavy atom. The zero-order valence-corrected chi connectivity index (χ0v) is 9.71. The fourth-order valence-corrected chi connectivity index (χ4v) is 1.50. The van der Waals surface area contributed by atoms with E-state index in [2.05, 4.69) is 30.3 Å². The molecule has 0 atom stereocenters. The Hall–Kier alpha value is -1.32. The van der Waals surface area contributed by atoms with Crippen molar-refractivity contribution in [2.45, 2.75) is 39.7 Å². The molecule has 0 unspecified atom stereocenters. The summed E-state index contributed by atoms with van der Waals surface area (Å²) in [4.78, 5) is 11.1. The third-order valence-electron chi connectivity index (χ3n) is 2.47. The molecule has 0 saturated heterocycles. The van der Waals surface area contributed by atoms with Gasteiger partial charge in [-0.1, -0.05) is 13.8 Å². The van der Waals surface area contributed by atoms with Crippen LogP contribution in [0.5, 0.6) is 0 Å². The van der Waals surface area contributed by atoms with E-state index in [0.717, 1.165) is 18.5 Å². The Kier molecular flexibility index (Phi) is 4.34. The molecule has 15 heavy (non-hydrogen) atoms. The van der Waals surface area contributed by atoms with Gasteiger partial charge in [0.05, 0.1) is 5.69 Å². The van der Waals surface area contributed by atoms with Crippen molar-refractivity contribution in [1.29, 1.82) is 0 Å². The number of rotatable bonds is 5. The summed E-state index contributed by atoms with van der Waals surface area (Å²) in [7, 11) is 1.66. The van der Waals surface area contributed by atoms with Crippen LogP contribution in [-0.2, 0) is 24.2 Å². The first kappa shape index (κ1) is 11.8. The summed E-state index contributed by atoms with van der Waals surface area (Å²) in [6.07, 6.45) is 2.40. The van der Waals surface area contributed by atoms with Crippen LogP contribution in [0.2, 0.25) is 0 Å². The number of amides is 1. The van der Waals surface area contributed by atoms with Gasteiger partial charge in [-0.3, -0.25) is 9.48 Å². The second kappa shape index (κ2) is 5.53. The molecule has 0 aliphatic heterocycles. The summed E-state index contributed by atoms with van der Waals surface area (Å²) in [6.45, 7) is 4.86. The van der Waals surface area contributed by atoms with Crippen LogP contribution in [0.15, 0.2) is 6.07 Å². The summed E-state index contributed by atoms with van der Waals surface area (Å²) >= 11 is 0. The molecule has 0 bridgehead atoms. The quantitative estimate of drug-likeness (QED) is 0.790. The Labute approximate surface area is 90.7 Å². The number of hydrogen-bond acceptors (Lipinski definition) is 2. The van der Waals surface area contributed by atoms with Crippen molar-refractivity contribution < 1.29 is 4.79 Å². The SMILES string of the molecule is CCc1cc(CC)n(CCC(=O)NC)n1. The van der Waals surface area contributed by atoms with E-state index in [9.17, 15) is 4.79 Å². The van der Waals surface area contributed by atoms with Crippen LogP contribution in [0.3, 0.4) is 0 Å². The molecule has 1 N–H and O–H groups in total. The smallest absolute Gasteiger partial charge is 0.221 e. The Balaban J connectivity index is 2.66. The fourth-order valence-electron chi connectivity index (χ4n) is 1.50. The van der Waals surface area contributed by atoms with E-state index in [1.54, 1.807) is 7.05 Å². The lowest BCUT2D eigenvalue weighted by atomic mass is 10.2. The van der Waals surface area contributed by atoms with Crippen LogP contribution < -0.4 is 5.32 Å². The first-order valence-electron chi connectivity index (χ1n) is 5.47. The maximum atomic E-state index is 11.1. The van der Waals surface area contributed by atoms with E-state index < -0.39 is 0 Å². The normalized spacial score (nSPS) is 10.3. The molecule has 1 aromatic heterocycles. The van der Waals surface area contributed by atoms with E-state index in [1.807, 2.05) is 4.68 Å². The highest BCUT2D eigenvalue weighted by molar-refractivity contribution is 5.75. The number of carbonyl (C=O) groups is 1. The predicted octanol–water partition coefficient (Wildman–Crippen LogP) is 1.14. The van der Waals surface area contributed by atoms with Gasteiger partial charge in [-0.25, -0.2) is 0 Å². The molecule has 1 amide bonds. The third-order valence-corrected chi connectivity index (χ3v) is 2.47. The number of aryl methyl sites for hydroxylation is 3. The van der Waals surface area contributed by atoms with Gasteiger partial charge in [0.2, 0.25) is 5.91 Å². The molecule has 4 nitrogen and oxygen atoms in total. The molecule has 1 rings (SSSR count). The molecule has 1 heterocycles. The van der Waals surface area contributed by atoms with Crippen molar-refractivity contribution in [3.05, 3.63) is 17.5 Å². The standard InChI is InChI=1S/C11H19N3O/c1-4-9-8-10(5-2)14(13-9)7-6-11(15)12-3/h8H,4-7H2,1-3H3,(H,12,15). The van der Waals surface area contributed by atoms with E-state index in [-0.39, 0.29) is 5.91 Å². The highest BCUT2D eigenvalue weighted by Crippen LogP contribution is 2.06. The third kappa shape index (κ3) is 3.08. The Morgan fingerprint density at radius 1 is 1.47 bits per heavy atom. The molecular weight excluding hydrogens is 190 g/mol. The molecule has 84 valence electrons. The molecule has 0 saturated carbocycles. The van der Waals surface area contributed by atoms with Gasteiger partial charge >= 0.3 is 0 Å². The van der Waals surface area contributed by atoms with E-state index in [0.29, 0.717) is 13.0 Å². The molecule has 0 spiro atoms. The molecule has 4 heteroatoms. The first-order valence-corrected chi connectivity index (χ1v) is 5.47. The largest absolute Gasteiger partial charge is 0.359 e. The Bertz CT molecular complexity index is 331. The first-order chi connectivity index (χ1) is 7.21. The minimum Gasteiger partial charge on any atom is -0.359 e. The van der Waals surface area contributed by atoms with Crippen LogP contribution in [0.25, 0.3) is 0 Å². The van der Waals surface area contributed by atoms with Gasteiger partial charge in [0.1, 0.15) is 0 Å². The van der Waals surface area contributed by atoms with Crippen LogP contribution >= 0.6 is 0 Å². The maximum Gasteiger partial charge on any atom is 0.221 e. The highest BCUT2D eigenvalue weighted by atomic mass is 16.1.